The minimum atomic E-state index is -0.0933. The number of aryl methyl sites for hydroxylation is 1. The summed E-state index contributed by atoms with van der Waals surface area (Å²) in [5, 5.41) is 3.40. The average molecular weight is 307 g/mol. The van der Waals surface area contributed by atoms with Crippen LogP contribution in [0.5, 0.6) is 5.75 Å². The molecule has 0 saturated carbocycles. The summed E-state index contributed by atoms with van der Waals surface area (Å²) in [6, 6.07) is 7.17. The Bertz CT molecular complexity index is 677. The predicted octanol–water partition coefficient (Wildman–Crippen LogP) is 3.49. The second kappa shape index (κ2) is 6.22. The van der Waals surface area contributed by atoms with Gasteiger partial charge in [0, 0.05) is 23.5 Å². The van der Waals surface area contributed by atoms with Gasteiger partial charge in [0.2, 0.25) is 5.91 Å². The highest BCUT2D eigenvalue weighted by atomic mass is 35.5. The Morgan fingerprint density at radius 2 is 2.05 bits per heavy atom. The summed E-state index contributed by atoms with van der Waals surface area (Å²) in [5.74, 6) is 0.498. The van der Waals surface area contributed by atoms with Crippen molar-refractivity contribution < 1.29 is 9.53 Å². The van der Waals surface area contributed by atoms with Crippen molar-refractivity contribution in [3.63, 3.8) is 0 Å². The quantitative estimate of drug-likeness (QED) is 0.939. The van der Waals surface area contributed by atoms with Gasteiger partial charge in [-0.25, -0.2) is 0 Å². The molecule has 1 aromatic heterocycles. The number of halogens is 1. The summed E-state index contributed by atoms with van der Waals surface area (Å²) in [6.45, 7) is 4.03. The first-order valence-electron chi connectivity index (χ1n) is 6.67. The molecule has 0 aliphatic heterocycles. The lowest BCUT2D eigenvalue weighted by Crippen LogP contribution is -2.15. The first-order chi connectivity index (χ1) is 9.92. The van der Waals surface area contributed by atoms with E-state index in [4.69, 9.17) is 16.3 Å². The number of carbonyl (C=O) groups excluding carboxylic acids is 1. The van der Waals surface area contributed by atoms with Gasteiger partial charge in [0.15, 0.2) is 0 Å². The number of benzene rings is 1. The van der Waals surface area contributed by atoms with E-state index in [1.165, 1.54) is 0 Å². The number of nitrogens with one attached hydrogen (secondary N) is 1. The fourth-order valence-corrected chi connectivity index (χ4v) is 2.43. The molecule has 0 aliphatic carbocycles. The van der Waals surface area contributed by atoms with Crippen LogP contribution >= 0.6 is 11.6 Å². The van der Waals surface area contributed by atoms with E-state index in [0.29, 0.717) is 22.9 Å². The van der Waals surface area contributed by atoms with Gasteiger partial charge >= 0.3 is 0 Å². The fraction of sp³-hybridized carbons (Fsp3) is 0.312. The molecule has 2 rings (SSSR count). The maximum Gasteiger partial charge on any atom is 0.228 e. The van der Waals surface area contributed by atoms with Crippen LogP contribution in [0.2, 0.25) is 5.02 Å². The zero-order valence-electron chi connectivity index (χ0n) is 12.7. The summed E-state index contributed by atoms with van der Waals surface area (Å²) < 4.78 is 7.29. The molecule has 1 aromatic carbocycles. The summed E-state index contributed by atoms with van der Waals surface area (Å²) in [4.78, 5) is 12.2. The third-order valence-corrected chi connectivity index (χ3v) is 3.90. The Balaban J connectivity index is 2.15. The van der Waals surface area contributed by atoms with Crippen LogP contribution in [0.25, 0.3) is 0 Å². The molecule has 112 valence electrons. The van der Waals surface area contributed by atoms with Crippen LogP contribution in [0, 0.1) is 13.8 Å². The van der Waals surface area contributed by atoms with Gasteiger partial charge < -0.3 is 14.6 Å². The van der Waals surface area contributed by atoms with Crippen molar-refractivity contribution in [2.24, 2.45) is 7.05 Å². The molecule has 0 unspecified atom stereocenters. The van der Waals surface area contributed by atoms with E-state index in [-0.39, 0.29) is 5.91 Å². The second-order valence-corrected chi connectivity index (χ2v) is 5.46. The van der Waals surface area contributed by atoms with Crippen LogP contribution in [0.3, 0.4) is 0 Å². The van der Waals surface area contributed by atoms with E-state index >= 15 is 0 Å². The van der Waals surface area contributed by atoms with E-state index in [0.717, 1.165) is 17.0 Å². The van der Waals surface area contributed by atoms with E-state index in [1.807, 2.05) is 27.0 Å². The minimum Gasteiger partial charge on any atom is -0.495 e. The molecule has 4 nitrogen and oxygen atoms in total. The number of methoxy groups -OCH3 is 1. The summed E-state index contributed by atoms with van der Waals surface area (Å²) in [6.07, 6.45) is 0.323. The van der Waals surface area contributed by atoms with Crippen molar-refractivity contribution in [2.75, 3.05) is 12.4 Å². The van der Waals surface area contributed by atoms with Crippen molar-refractivity contribution in [2.45, 2.75) is 20.3 Å². The molecule has 0 saturated heterocycles. The predicted molar refractivity (Wildman–Crippen MR) is 85.2 cm³/mol. The van der Waals surface area contributed by atoms with Crippen molar-refractivity contribution >= 4 is 23.2 Å². The Kier molecular flexibility index (Phi) is 4.58. The Morgan fingerprint density at radius 3 is 2.62 bits per heavy atom. The fourth-order valence-electron chi connectivity index (χ4n) is 2.26. The zero-order valence-corrected chi connectivity index (χ0v) is 13.4. The number of hydrogen-bond acceptors (Lipinski definition) is 2. The molecule has 2 aromatic rings. The molecule has 1 heterocycles. The van der Waals surface area contributed by atoms with Crippen molar-refractivity contribution in [3.8, 4) is 5.75 Å². The normalized spacial score (nSPS) is 10.5. The Morgan fingerprint density at radius 1 is 1.33 bits per heavy atom. The molecule has 0 radical (unpaired) electrons. The summed E-state index contributed by atoms with van der Waals surface area (Å²) >= 11 is 5.96. The Hall–Kier alpha value is -1.94. The van der Waals surface area contributed by atoms with E-state index < -0.39 is 0 Å². The average Bonchev–Trinajstić information content (AvgIpc) is 2.66. The number of nitrogens with zero attached hydrogens (tertiary/aromatic N) is 1. The molecular weight excluding hydrogens is 288 g/mol. The van der Waals surface area contributed by atoms with Crippen molar-refractivity contribution in [1.29, 1.82) is 0 Å². The maximum atomic E-state index is 12.2. The number of hydrogen-bond donors (Lipinski definition) is 1. The number of rotatable bonds is 4. The molecule has 0 atom stereocenters. The molecule has 0 bridgehead atoms. The van der Waals surface area contributed by atoms with Crippen LogP contribution in [-0.2, 0) is 18.3 Å². The molecule has 5 heteroatoms. The first kappa shape index (κ1) is 15.4. The summed E-state index contributed by atoms with van der Waals surface area (Å²) in [7, 11) is 3.55. The smallest absolute Gasteiger partial charge is 0.228 e. The van der Waals surface area contributed by atoms with E-state index in [2.05, 4.69) is 9.88 Å². The third kappa shape index (κ3) is 3.39. The number of amides is 1. The first-order valence-corrected chi connectivity index (χ1v) is 7.05. The van der Waals surface area contributed by atoms with Crippen LogP contribution < -0.4 is 10.1 Å². The molecule has 0 aliphatic rings. The standard InChI is InChI=1S/C16H19ClN2O2/c1-10-7-12(11(2)19(10)3)8-16(20)18-14-9-13(17)5-6-15(14)21-4/h5-7,9H,8H2,1-4H3,(H,18,20). The minimum absolute atomic E-state index is 0.0933. The number of aromatic nitrogens is 1. The molecular formula is C16H19ClN2O2. The van der Waals surface area contributed by atoms with Crippen LogP contribution in [-0.4, -0.2) is 17.6 Å². The third-order valence-electron chi connectivity index (χ3n) is 3.67. The largest absolute Gasteiger partial charge is 0.495 e. The van der Waals surface area contributed by atoms with Gasteiger partial charge in [-0.05, 0) is 43.7 Å². The van der Waals surface area contributed by atoms with Gasteiger partial charge in [-0.2, -0.15) is 0 Å². The molecule has 1 N–H and O–H groups in total. The molecule has 0 spiro atoms. The highest BCUT2D eigenvalue weighted by molar-refractivity contribution is 6.31. The van der Waals surface area contributed by atoms with Gasteiger partial charge in [0.1, 0.15) is 5.75 Å². The number of anilines is 1. The van der Waals surface area contributed by atoms with Crippen LogP contribution in [0.4, 0.5) is 5.69 Å². The van der Waals surface area contributed by atoms with E-state index in [9.17, 15) is 4.79 Å². The van der Waals surface area contributed by atoms with Crippen LogP contribution in [0.1, 0.15) is 17.0 Å². The molecule has 1 amide bonds. The van der Waals surface area contributed by atoms with Gasteiger partial charge in [-0.1, -0.05) is 11.6 Å². The SMILES string of the molecule is COc1ccc(Cl)cc1NC(=O)Cc1cc(C)n(C)c1C. The van der Waals surface area contributed by atoms with Gasteiger partial charge in [0.05, 0.1) is 19.2 Å². The maximum absolute atomic E-state index is 12.2. The highest BCUT2D eigenvalue weighted by Crippen LogP contribution is 2.28. The highest BCUT2D eigenvalue weighted by Gasteiger charge is 2.13. The number of ether oxygens (including phenoxy) is 1. The van der Waals surface area contributed by atoms with Gasteiger partial charge in [0.25, 0.3) is 0 Å². The monoisotopic (exact) mass is 306 g/mol. The van der Waals surface area contributed by atoms with E-state index in [1.54, 1.807) is 25.3 Å². The van der Waals surface area contributed by atoms with Gasteiger partial charge in [-0.3, -0.25) is 4.79 Å². The molecule has 0 fully saturated rings. The van der Waals surface area contributed by atoms with Crippen molar-refractivity contribution in [3.05, 3.63) is 46.2 Å². The zero-order chi connectivity index (χ0) is 15.6. The van der Waals surface area contributed by atoms with Crippen LogP contribution in [0.15, 0.2) is 24.3 Å². The topological polar surface area (TPSA) is 43.3 Å². The lowest BCUT2D eigenvalue weighted by molar-refractivity contribution is -0.115. The Labute approximate surface area is 129 Å². The van der Waals surface area contributed by atoms with Gasteiger partial charge in [-0.15, -0.1) is 0 Å². The summed E-state index contributed by atoms with van der Waals surface area (Å²) in [5.41, 5.74) is 3.84. The lowest BCUT2D eigenvalue weighted by Gasteiger charge is -2.10. The van der Waals surface area contributed by atoms with Crippen molar-refractivity contribution in [1.82, 2.24) is 4.57 Å². The lowest BCUT2D eigenvalue weighted by atomic mass is 10.1. The second-order valence-electron chi connectivity index (χ2n) is 5.02. The number of carbonyl (C=O) groups is 1. The molecule has 21 heavy (non-hydrogen) atoms.